The number of rotatable bonds is 10. The number of carbonyl (C=O) groups is 3. The van der Waals surface area contributed by atoms with Crippen LogP contribution in [0.3, 0.4) is 0 Å². The van der Waals surface area contributed by atoms with Crippen molar-refractivity contribution in [1.29, 1.82) is 0 Å². The number of hydrogen-bond acceptors (Lipinski definition) is 7. The molecule has 9 heteroatoms. The van der Waals surface area contributed by atoms with E-state index in [0.717, 1.165) is 16.0 Å². The first-order valence-corrected chi connectivity index (χ1v) is 13.1. The van der Waals surface area contributed by atoms with E-state index >= 15 is 0 Å². The van der Waals surface area contributed by atoms with E-state index in [1.165, 1.54) is 6.08 Å². The molecule has 0 radical (unpaired) electrons. The van der Waals surface area contributed by atoms with E-state index in [2.05, 4.69) is 15.9 Å². The van der Waals surface area contributed by atoms with Crippen molar-refractivity contribution in [2.75, 3.05) is 13.2 Å². The van der Waals surface area contributed by atoms with Gasteiger partial charge in [-0.3, -0.25) is 9.59 Å². The Bertz CT molecular complexity index is 1140. The van der Waals surface area contributed by atoms with Crippen molar-refractivity contribution >= 4 is 33.7 Å². The highest BCUT2D eigenvalue weighted by Crippen LogP contribution is 2.38. The second-order valence-corrected chi connectivity index (χ2v) is 10.2. The lowest BCUT2D eigenvalue weighted by atomic mass is 9.87. The fourth-order valence-electron chi connectivity index (χ4n) is 4.72. The highest BCUT2D eigenvalue weighted by molar-refractivity contribution is 9.11. The molecule has 2 N–H and O–H groups in total. The van der Waals surface area contributed by atoms with Gasteiger partial charge in [-0.05, 0) is 58.8 Å². The third kappa shape index (κ3) is 6.35. The molecule has 8 nitrogen and oxygen atoms in total. The number of hydrogen-bond donors (Lipinski definition) is 2. The standard InChI is InChI=1S/C28H30BrNO7/c29-24-17-23(32)25(37-28(24,35)13-7-8-14-31)22(16-20-11-5-2-6-12-20)26(33)30-21(18-36-27(30)34)15-19-9-3-1-4-10-19/h1-6,9-12,17,21-22,25,31,35H,7-8,13-16,18H2/t21-,22-,25-,28+/m0/s1. The van der Waals surface area contributed by atoms with E-state index in [-0.39, 0.29) is 30.5 Å². The number of halogens is 1. The summed E-state index contributed by atoms with van der Waals surface area (Å²) in [6.07, 6.45) is 0.679. The quantitative estimate of drug-likeness (QED) is 0.419. The van der Waals surface area contributed by atoms with Gasteiger partial charge in [0.05, 0.1) is 16.4 Å². The molecule has 2 aliphatic heterocycles. The van der Waals surface area contributed by atoms with Gasteiger partial charge in [0.1, 0.15) is 12.7 Å². The van der Waals surface area contributed by atoms with Crippen LogP contribution >= 0.6 is 15.9 Å². The number of imide groups is 1. The summed E-state index contributed by atoms with van der Waals surface area (Å²) in [5.74, 6) is -3.99. The maximum Gasteiger partial charge on any atom is 0.416 e. The maximum atomic E-state index is 14.0. The Labute approximate surface area is 224 Å². The fourth-order valence-corrected chi connectivity index (χ4v) is 5.23. The van der Waals surface area contributed by atoms with E-state index < -0.39 is 41.6 Å². The molecule has 0 saturated carbocycles. The number of amides is 2. The molecule has 2 amide bonds. The minimum atomic E-state index is -1.84. The molecule has 4 atom stereocenters. The molecular formula is C28H30BrNO7. The molecule has 0 spiro atoms. The molecule has 0 aromatic heterocycles. The Morgan fingerprint density at radius 3 is 2.35 bits per heavy atom. The van der Waals surface area contributed by atoms with Crippen LogP contribution in [0.5, 0.6) is 0 Å². The Morgan fingerprint density at radius 1 is 1.05 bits per heavy atom. The second kappa shape index (κ2) is 12.1. The summed E-state index contributed by atoms with van der Waals surface area (Å²) in [7, 11) is 0. The van der Waals surface area contributed by atoms with Crippen molar-refractivity contribution in [3.8, 4) is 0 Å². The van der Waals surface area contributed by atoms with Gasteiger partial charge >= 0.3 is 6.09 Å². The summed E-state index contributed by atoms with van der Waals surface area (Å²) in [4.78, 5) is 41.0. The molecule has 1 fully saturated rings. The number of nitrogens with zero attached hydrogens (tertiary/aromatic N) is 1. The molecule has 0 unspecified atom stereocenters. The second-order valence-electron chi connectivity index (χ2n) is 9.32. The van der Waals surface area contributed by atoms with Gasteiger partial charge in [0.25, 0.3) is 0 Å². The van der Waals surface area contributed by atoms with Crippen LogP contribution in [0.15, 0.2) is 71.2 Å². The first kappa shape index (κ1) is 27.2. The molecule has 37 heavy (non-hydrogen) atoms. The average molecular weight is 572 g/mol. The molecule has 196 valence electrons. The van der Waals surface area contributed by atoms with Crippen LogP contribution in [0.2, 0.25) is 0 Å². The fraction of sp³-hybridized carbons (Fsp3) is 0.393. The summed E-state index contributed by atoms with van der Waals surface area (Å²) in [5.41, 5.74) is 1.72. The number of unbranched alkanes of at least 4 members (excludes halogenated alkanes) is 1. The average Bonchev–Trinajstić information content (AvgIpc) is 3.26. The van der Waals surface area contributed by atoms with Crippen LogP contribution in [0.25, 0.3) is 0 Å². The predicted octanol–water partition coefficient (Wildman–Crippen LogP) is 3.53. The van der Waals surface area contributed by atoms with Gasteiger partial charge in [-0.2, -0.15) is 0 Å². The van der Waals surface area contributed by atoms with Gasteiger partial charge < -0.3 is 19.7 Å². The number of ketones is 1. The number of carbonyl (C=O) groups excluding carboxylic acids is 3. The van der Waals surface area contributed by atoms with Crippen LogP contribution in [0, 0.1) is 5.92 Å². The summed E-state index contributed by atoms with van der Waals surface area (Å²) in [6.45, 7) is 0.00229. The zero-order valence-corrected chi connectivity index (χ0v) is 21.9. The molecule has 0 bridgehead atoms. The van der Waals surface area contributed by atoms with Crippen molar-refractivity contribution in [1.82, 2.24) is 4.90 Å². The number of aliphatic hydroxyl groups excluding tert-OH is 1. The number of aliphatic hydroxyl groups is 2. The van der Waals surface area contributed by atoms with E-state index in [4.69, 9.17) is 14.6 Å². The summed E-state index contributed by atoms with van der Waals surface area (Å²) < 4.78 is 11.4. The van der Waals surface area contributed by atoms with Gasteiger partial charge in [0, 0.05) is 13.0 Å². The minimum Gasteiger partial charge on any atom is -0.447 e. The van der Waals surface area contributed by atoms with E-state index in [1.807, 2.05) is 60.7 Å². The minimum absolute atomic E-state index is 0.0469. The predicted molar refractivity (Wildman–Crippen MR) is 139 cm³/mol. The van der Waals surface area contributed by atoms with E-state index in [9.17, 15) is 19.5 Å². The van der Waals surface area contributed by atoms with Crippen LogP contribution < -0.4 is 0 Å². The van der Waals surface area contributed by atoms with Gasteiger partial charge in [-0.1, -0.05) is 60.7 Å². The smallest absolute Gasteiger partial charge is 0.416 e. The van der Waals surface area contributed by atoms with Crippen LogP contribution in [0.4, 0.5) is 4.79 Å². The Kier molecular flexibility index (Phi) is 8.91. The first-order chi connectivity index (χ1) is 17.8. The largest absolute Gasteiger partial charge is 0.447 e. The maximum absolute atomic E-state index is 14.0. The molecular weight excluding hydrogens is 542 g/mol. The Morgan fingerprint density at radius 2 is 1.70 bits per heavy atom. The highest BCUT2D eigenvalue weighted by atomic mass is 79.9. The van der Waals surface area contributed by atoms with Gasteiger partial charge in [-0.25, -0.2) is 9.69 Å². The lowest BCUT2D eigenvalue weighted by molar-refractivity contribution is -0.218. The highest BCUT2D eigenvalue weighted by Gasteiger charge is 2.49. The van der Waals surface area contributed by atoms with Crippen molar-refractivity contribution in [3.05, 3.63) is 82.3 Å². The monoisotopic (exact) mass is 571 g/mol. The van der Waals surface area contributed by atoms with Crippen molar-refractivity contribution in [2.24, 2.45) is 5.92 Å². The number of benzene rings is 2. The van der Waals surface area contributed by atoms with Crippen molar-refractivity contribution in [3.63, 3.8) is 0 Å². The molecule has 2 aromatic rings. The Balaban J connectivity index is 1.65. The topological polar surface area (TPSA) is 113 Å². The molecule has 2 aliphatic rings. The van der Waals surface area contributed by atoms with Crippen LogP contribution in [-0.4, -0.2) is 64.0 Å². The molecule has 1 saturated heterocycles. The molecule has 0 aliphatic carbocycles. The zero-order chi connectivity index (χ0) is 26.4. The first-order valence-electron chi connectivity index (χ1n) is 12.3. The molecule has 2 aromatic carbocycles. The lowest BCUT2D eigenvalue weighted by Gasteiger charge is -2.38. The Hall–Kier alpha value is -2.85. The van der Waals surface area contributed by atoms with Gasteiger partial charge in [0.15, 0.2) is 11.6 Å². The van der Waals surface area contributed by atoms with Gasteiger partial charge in [0.2, 0.25) is 5.91 Å². The number of cyclic esters (lactones) is 1. The third-order valence-electron chi connectivity index (χ3n) is 6.66. The van der Waals surface area contributed by atoms with Crippen molar-refractivity contribution < 1.29 is 34.1 Å². The van der Waals surface area contributed by atoms with Crippen LogP contribution in [0.1, 0.15) is 30.4 Å². The van der Waals surface area contributed by atoms with E-state index in [1.54, 1.807) is 0 Å². The third-order valence-corrected chi connectivity index (χ3v) is 7.51. The summed E-state index contributed by atoms with van der Waals surface area (Å²) >= 11 is 3.24. The van der Waals surface area contributed by atoms with Crippen molar-refractivity contribution in [2.45, 2.75) is 50.0 Å². The normalized spacial score (nSPS) is 24.5. The zero-order valence-electron chi connectivity index (χ0n) is 20.3. The van der Waals surface area contributed by atoms with E-state index in [0.29, 0.717) is 19.3 Å². The SMILES string of the molecule is O=C1C=C(Br)[C@@](O)(CCCCO)O[C@H]1[C@H](Cc1ccccc1)C(=O)N1C(=O)OC[C@@H]1Cc1ccccc1. The van der Waals surface area contributed by atoms with Gasteiger partial charge in [-0.15, -0.1) is 0 Å². The summed E-state index contributed by atoms with van der Waals surface area (Å²) in [6, 6.07) is 18.1. The number of ether oxygens (including phenoxy) is 2. The molecule has 4 rings (SSSR count). The lowest BCUT2D eigenvalue weighted by Crippen LogP contribution is -2.53. The van der Waals surface area contributed by atoms with Crippen LogP contribution in [-0.2, 0) is 31.9 Å². The summed E-state index contributed by atoms with van der Waals surface area (Å²) in [5, 5.41) is 20.4. The molecule has 2 heterocycles.